The van der Waals surface area contributed by atoms with Crippen molar-refractivity contribution in [3.05, 3.63) is 27.8 Å². The van der Waals surface area contributed by atoms with Gasteiger partial charge in [-0.1, -0.05) is 0 Å². The van der Waals surface area contributed by atoms with Crippen molar-refractivity contribution in [3.8, 4) is 0 Å². The summed E-state index contributed by atoms with van der Waals surface area (Å²) in [7, 11) is -2.79. The van der Waals surface area contributed by atoms with Crippen molar-refractivity contribution < 1.29 is 27.9 Å². The molecule has 0 bridgehead atoms. The van der Waals surface area contributed by atoms with Crippen molar-refractivity contribution in [2.24, 2.45) is 0 Å². The molecule has 7 nitrogen and oxygen atoms in total. The van der Waals surface area contributed by atoms with Gasteiger partial charge in [-0.2, -0.15) is 4.72 Å². The lowest BCUT2D eigenvalue weighted by atomic mass is 10.2. The molecule has 0 saturated carbocycles. The molecule has 1 unspecified atom stereocenters. The highest BCUT2D eigenvalue weighted by Crippen LogP contribution is 2.13. The lowest BCUT2D eigenvalue weighted by Crippen LogP contribution is -2.41. The summed E-state index contributed by atoms with van der Waals surface area (Å²) >= 11 is 2.02. The zero-order valence-electron chi connectivity index (χ0n) is 11.1. The Morgan fingerprint density at radius 3 is 2.38 bits per heavy atom. The molecule has 0 saturated heterocycles. The van der Waals surface area contributed by atoms with E-state index in [4.69, 9.17) is 5.11 Å². The lowest BCUT2D eigenvalue weighted by Gasteiger charge is -2.14. The minimum Gasteiger partial charge on any atom is -0.480 e. The van der Waals surface area contributed by atoms with Crippen LogP contribution in [0.15, 0.2) is 29.2 Å². The third-order valence-corrected chi connectivity index (χ3v) is 4.79. The van der Waals surface area contributed by atoms with E-state index in [1.807, 2.05) is 22.6 Å². The van der Waals surface area contributed by atoms with Gasteiger partial charge in [0.1, 0.15) is 6.04 Å². The third-order valence-electron chi connectivity index (χ3n) is 2.58. The zero-order valence-corrected chi connectivity index (χ0v) is 14.0. The molecule has 0 aliphatic heterocycles. The normalized spacial score (nSPS) is 12.7. The molecule has 0 radical (unpaired) electrons. The highest BCUT2D eigenvalue weighted by atomic mass is 127. The molecule has 116 valence electrons. The molecule has 21 heavy (non-hydrogen) atoms. The number of ether oxygens (including phenoxy) is 1. The molecule has 0 aliphatic rings. The van der Waals surface area contributed by atoms with Gasteiger partial charge >= 0.3 is 11.9 Å². The van der Waals surface area contributed by atoms with Crippen molar-refractivity contribution in [1.82, 2.24) is 4.72 Å². The largest absolute Gasteiger partial charge is 0.480 e. The van der Waals surface area contributed by atoms with Gasteiger partial charge in [-0.15, -0.1) is 0 Å². The summed E-state index contributed by atoms with van der Waals surface area (Å²) in [5.74, 6) is -1.96. The number of nitrogens with one attached hydrogen (secondary N) is 1. The fourth-order valence-corrected chi connectivity index (χ4v) is 3.05. The standard InChI is InChI=1S/C12H14INO6S/c1-20-11(15)7-6-10(12(16)17)14-21(18,19)9-4-2-8(13)3-5-9/h2-5,10,14H,6-7H2,1H3,(H,16,17). The summed E-state index contributed by atoms with van der Waals surface area (Å²) in [5, 5.41) is 9.03. The third kappa shape index (κ3) is 5.59. The second-order valence-electron chi connectivity index (χ2n) is 4.08. The Kier molecular flexibility index (Phi) is 6.55. The van der Waals surface area contributed by atoms with Crippen LogP contribution in [0.3, 0.4) is 0 Å². The van der Waals surface area contributed by atoms with Crippen molar-refractivity contribution >= 4 is 44.6 Å². The average molecular weight is 427 g/mol. The summed E-state index contributed by atoms with van der Waals surface area (Å²) < 4.78 is 31.5. The van der Waals surface area contributed by atoms with E-state index in [2.05, 4.69) is 9.46 Å². The second-order valence-corrected chi connectivity index (χ2v) is 7.04. The van der Waals surface area contributed by atoms with E-state index in [0.717, 1.165) is 3.57 Å². The van der Waals surface area contributed by atoms with E-state index in [-0.39, 0.29) is 17.7 Å². The number of methoxy groups -OCH3 is 1. The van der Waals surface area contributed by atoms with Crippen molar-refractivity contribution in [2.75, 3.05) is 7.11 Å². The predicted molar refractivity (Wildman–Crippen MR) is 82.2 cm³/mol. The number of carbonyl (C=O) groups excluding carboxylic acids is 1. The SMILES string of the molecule is COC(=O)CCC(NS(=O)(=O)c1ccc(I)cc1)C(=O)O. The Hall–Kier alpha value is -1.20. The molecule has 0 spiro atoms. The minimum atomic E-state index is -3.96. The second kappa shape index (κ2) is 7.71. The first-order valence-electron chi connectivity index (χ1n) is 5.84. The smallest absolute Gasteiger partial charge is 0.321 e. The number of halogens is 1. The Morgan fingerprint density at radius 1 is 1.33 bits per heavy atom. The van der Waals surface area contributed by atoms with Gasteiger partial charge in [0.2, 0.25) is 10.0 Å². The molecule has 2 N–H and O–H groups in total. The number of carboxylic acid groups (broad SMARTS) is 1. The molecule has 1 aromatic carbocycles. The first-order valence-corrected chi connectivity index (χ1v) is 8.40. The Bertz CT molecular complexity index is 613. The van der Waals surface area contributed by atoms with Crippen LogP contribution in [-0.4, -0.2) is 38.6 Å². The van der Waals surface area contributed by atoms with Crippen LogP contribution in [0.25, 0.3) is 0 Å². The number of benzene rings is 1. The molecule has 1 atom stereocenters. The summed E-state index contributed by atoms with van der Waals surface area (Å²) in [5.41, 5.74) is 0. The fourth-order valence-electron chi connectivity index (χ4n) is 1.47. The lowest BCUT2D eigenvalue weighted by molar-refractivity contribution is -0.142. The summed E-state index contributed by atoms with van der Waals surface area (Å²) in [6, 6.07) is 4.55. The molecular formula is C12H14INO6S. The van der Waals surface area contributed by atoms with Crippen molar-refractivity contribution in [1.29, 1.82) is 0 Å². The van der Waals surface area contributed by atoms with Crippen LogP contribution in [-0.2, 0) is 24.3 Å². The van der Waals surface area contributed by atoms with Crippen LogP contribution in [0.1, 0.15) is 12.8 Å². The van der Waals surface area contributed by atoms with E-state index < -0.39 is 28.0 Å². The molecule has 1 aromatic rings. The number of sulfonamides is 1. The number of hydrogen-bond acceptors (Lipinski definition) is 5. The number of hydrogen-bond donors (Lipinski definition) is 2. The summed E-state index contributed by atoms with van der Waals surface area (Å²) in [4.78, 5) is 22.1. The first-order chi connectivity index (χ1) is 9.76. The van der Waals surface area contributed by atoms with Gasteiger partial charge in [0.15, 0.2) is 0 Å². The Morgan fingerprint density at radius 2 is 1.90 bits per heavy atom. The number of aliphatic carboxylic acids is 1. The quantitative estimate of drug-likeness (QED) is 0.496. The van der Waals surface area contributed by atoms with E-state index in [1.165, 1.54) is 19.2 Å². The van der Waals surface area contributed by atoms with E-state index >= 15 is 0 Å². The Balaban J connectivity index is 2.84. The van der Waals surface area contributed by atoms with Gasteiger partial charge in [0.25, 0.3) is 0 Å². The molecule has 0 amide bonds. The van der Waals surface area contributed by atoms with Crippen LogP contribution in [0.4, 0.5) is 0 Å². The van der Waals surface area contributed by atoms with Gasteiger partial charge in [-0.05, 0) is 53.3 Å². The van der Waals surface area contributed by atoms with Crippen molar-refractivity contribution in [2.45, 2.75) is 23.8 Å². The maximum absolute atomic E-state index is 12.1. The average Bonchev–Trinajstić information content (AvgIpc) is 2.43. The molecular weight excluding hydrogens is 413 g/mol. The van der Waals surface area contributed by atoms with Crippen LogP contribution >= 0.6 is 22.6 Å². The van der Waals surface area contributed by atoms with E-state index in [1.54, 1.807) is 12.1 Å². The molecule has 0 aromatic heterocycles. The fraction of sp³-hybridized carbons (Fsp3) is 0.333. The van der Waals surface area contributed by atoms with Gasteiger partial charge < -0.3 is 9.84 Å². The molecule has 0 aliphatic carbocycles. The van der Waals surface area contributed by atoms with E-state index in [0.29, 0.717) is 0 Å². The van der Waals surface area contributed by atoms with E-state index in [9.17, 15) is 18.0 Å². The van der Waals surface area contributed by atoms with Gasteiger partial charge in [-0.3, -0.25) is 9.59 Å². The molecule has 0 fully saturated rings. The highest BCUT2D eigenvalue weighted by Gasteiger charge is 2.26. The van der Waals surface area contributed by atoms with Gasteiger partial charge in [0.05, 0.1) is 12.0 Å². The number of carbonyl (C=O) groups is 2. The maximum atomic E-state index is 12.1. The number of rotatable bonds is 7. The molecule has 1 rings (SSSR count). The number of carboxylic acids is 1. The number of esters is 1. The maximum Gasteiger partial charge on any atom is 0.321 e. The minimum absolute atomic E-state index is 0.0350. The van der Waals surface area contributed by atoms with Gasteiger partial charge in [0, 0.05) is 9.99 Å². The summed E-state index contributed by atoms with van der Waals surface area (Å²) in [6.07, 6.45) is -0.381. The van der Waals surface area contributed by atoms with Crippen LogP contribution in [0.2, 0.25) is 0 Å². The topological polar surface area (TPSA) is 110 Å². The highest BCUT2D eigenvalue weighted by molar-refractivity contribution is 14.1. The van der Waals surface area contributed by atoms with Crippen LogP contribution in [0, 0.1) is 3.57 Å². The molecule has 0 heterocycles. The monoisotopic (exact) mass is 427 g/mol. The van der Waals surface area contributed by atoms with Crippen LogP contribution < -0.4 is 4.72 Å². The first kappa shape index (κ1) is 17.9. The van der Waals surface area contributed by atoms with Gasteiger partial charge in [-0.25, -0.2) is 8.42 Å². The Labute approximate surface area is 135 Å². The molecule has 9 heteroatoms. The predicted octanol–water partition coefficient (Wildman–Crippen LogP) is 0.976. The van der Waals surface area contributed by atoms with Crippen LogP contribution in [0.5, 0.6) is 0 Å². The summed E-state index contributed by atoms with van der Waals surface area (Å²) in [6.45, 7) is 0. The van der Waals surface area contributed by atoms with Crippen molar-refractivity contribution in [3.63, 3.8) is 0 Å². The zero-order chi connectivity index (χ0) is 16.0.